The van der Waals surface area contributed by atoms with E-state index in [1.807, 2.05) is 12.1 Å². The van der Waals surface area contributed by atoms with Crippen LogP contribution in [-0.4, -0.2) is 35.3 Å². The zero-order valence-corrected chi connectivity index (χ0v) is 12.4. The fourth-order valence-corrected chi connectivity index (χ4v) is 2.56. The summed E-state index contributed by atoms with van der Waals surface area (Å²) in [6, 6.07) is 8.20. The molecule has 4 nitrogen and oxygen atoms in total. The number of hydrogen-bond acceptors (Lipinski definition) is 2. The molecular weight excluding hydrogens is 252 g/mol. The molecule has 0 radical (unpaired) electrons. The first-order valence-electron chi connectivity index (χ1n) is 7.05. The van der Waals surface area contributed by atoms with E-state index in [4.69, 9.17) is 0 Å². The minimum Gasteiger partial charge on any atom is -0.342 e. The molecule has 4 heteroatoms. The summed E-state index contributed by atoms with van der Waals surface area (Å²) in [6.07, 6.45) is 1.20. The molecule has 0 saturated carbocycles. The van der Waals surface area contributed by atoms with Gasteiger partial charge < -0.3 is 10.2 Å². The van der Waals surface area contributed by atoms with Gasteiger partial charge in [0.2, 0.25) is 11.8 Å². The number of nitrogens with one attached hydrogen (secondary N) is 1. The van der Waals surface area contributed by atoms with Crippen molar-refractivity contribution in [3.8, 4) is 0 Å². The minimum atomic E-state index is -0.806. The quantitative estimate of drug-likeness (QED) is 0.911. The van der Waals surface area contributed by atoms with Crippen molar-refractivity contribution in [3.63, 3.8) is 0 Å². The lowest BCUT2D eigenvalue weighted by atomic mass is 10.0. The zero-order valence-electron chi connectivity index (χ0n) is 12.4. The second-order valence-corrected chi connectivity index (χ2v) is 5.89. The van der Waals surface area contributed by atoms with Gasteiger partial charge in [-0.3, -0.25) is 9.59 Å². The fraction of sp³-hybridized carbons (Fsp3) is 0.500. The summed E-state index contributed by atoms with van der Waals surface area (Å²) in [6.45, 7) is 6.76. The number of carbonyl (C=O) groups excluding carboxylic acids is 2. The smallest absolute Gasteiger partial charge is 0.247 e. The van der Waals surface area contributed by atoms with Gasteiger partial charge in [0, 0.05) is 19.5 Å². The van der Waals surface area contributed by atoms with Crippen molar-refractivity contribution in [1.82, 2.24) is 10.2 Å². The van der Waals surface area contributed by atoms with Gasteiger partial charge in [-0.2, -0.15) is 0 Å². The first-order chi connectivity index (χ1) is 9.40. The molecule has 1 fully saturated rings. The normalized spacial score (nSPS) is 18.6. The van der Waals surface area contributed by atoms with Gasteiger partial charge in [-0.1, -0.05) is 24.3 Å². The summed E-state index contributed by atoms with van der Waals surface area (Å²) in [5.74, 6) is -0.0568. The minimum absolute atomic E-state index is 0.00284. The van der Waals surface area contributed by atoms with Gasteiger partial charge >= 0.3 is 0 Å². The predicted octanol–water partition coefficient (Wildman–Crippen LogP) is 1.66. The molecule has 0 bridgehead atoms. The van der Waals surface area contributed by atoms with E-state index in [-0.39, 0.29) is 11.8 Å². The third kappa shape index (κ3) is 3.18. The van der Waals surface area contributed by atoms with Crippen LogP contribution in [0.4, 0.5) is 0 Å². The lowest BCUT2D eigenvalue weighted by Crippen LogP contribution is -2.53. The van der Waals surface area contributed by atoms with Gasteiger partial charge in [-0.15, -0.1) is 0 Å². The fourth-order valence-electron chi connectivity index (χ4n) is 2.56. The van der Waals surface area contributed by atoms with Crippen molar-refractivity contribution in [1.29, 1.82) is 0 Å². The third-order valence-corrected chi connectivity index (χ3v) is 3.79. The monoisotopic (exact) mass is 274 g/mol. The topological polar surface area (TPSA) is 49.4 Å². The van der Waals surface area contributed by atoms with Crippen LogP contribution in [0.5, 0.6) is 0 Å². The molecule has 0 unspecified atom stereocenters. The van der Waals surface area contributed by atoms with Crippen molar-refractivity contribution >= 4 is 11.8 Å². The van der Waals surface area contributed by atoms with Crippen molar-refractivity contribution < 1.29 is 9.59 Å². The highest BCUT2D eigenvalue weighted by Gasteiger charge is 2.36. The van der Waals surface area contributed by atoms with Gasteiger partial charge in [0.15, 0.2) is 0 Å². The molecular formula is C16H22N2O2. The van der Waals surface area contributed by atoms with Crippen LogP contribution in [0, 0.1) is 6.92 Å². The highest BCUT2D eigenvalue weighted by Crippen LogP contribution is 2.15. The summed E-state index contributed by atoms with van der Waals surface area (Å²) < 4.78 is 0. The molecule has 1 heterocycles. The number of hydrogen-bond donors (Lipinski definition) is 1. The van der Waals surface area contributed by atoms with E-state index in [1.54, 1.807) is 18.7 Å². The van der Waals surface area contributed by atoms with Crippen LogP contribution >= 0.6 is 0 Å². The van der Waals surface area contributed by atoms with Crippen LogP contribution < -0.4 is 5.32 Å². The molecule has 108 valence electrons. The molecule has 1 aromatic carbocycles. The number of amides is 2. The standard InChI is InChI=1S/C16H22N2O2/c1-12-6-4-5-7-13(12)8-10-18-11-9-14(19)17-16(2,3)15(18)20/h4-7H,8-11H2,1-3H3,(H,17,19). The van der Waals surface area contributed by atoms with Gasteiger partial charge in [-0.05, 0) is 38.3 Å². The molecule has 0 atom stereocenters. The van der Waals surface area contributed by atoms with E-state index in [1.165, 1.54) is 11.1 Å². The number of nitrogens with zero attached hydrogens (tertiary/aromatic N) is 1. The van der Waals surface area contributed by atoms with Crippen LogP contribution in [0.15, 0.2) is 24.3 Å². The Morgan fingerprint density at radius 2 is 1.95 bits per heavy atom. The molecule has 2 amide bonds. The van der Waals surface area contributed by atoms with Gasteiger partial charge in [0.25, 0.3) is 0 Å². The number of benzene rings is 1. The predicted molar refractivity (Wildman–Crippen MR) is 78.3 cm³/mol. The Morgan fingerprint density at radius 1 is 1.25 bits per heavy atom. The van der Waals surface area contributed by atoms with Gasteiger partial charge in [-0.25, -0.2) is 0 Å². The molecule has 20 heavy (non-hydrogen) atoms. The summed E-state index contributed by atoms with van der Waals surface area (Å²) >= 11 is 0. The van der Waals surface area contributed by atoms with Crippen LogP contribution in [0.1, 0.15) is 31.4 Å². The highest BCUT2D eigenvalue weighted by atomic mass is 16.2. The zero-order chi connectivity index (χ0) is 14.8. The van der Waals surface area contributed by atoms with Crippen molar-refractivity contribution in [2.24, 2.45) is 0 Å². The Balaban J connectivity index is 2.07. The van der Waals surface area contributed by atoms with Crippen LogP contribution in [0.3, 0.4) is 0 Å². The summed E-state index contributed by atoms with van der Waals surface area (Å²) in [5, 5.41) is 2.78. The lowest BCUT2D eigenvalue weighted by molar-refractivity contribution is -0.137. The molecule has 1 aromatic rings. The first kappa shape index (κ1) is 14.6. The third-order valence-electron chi connectivity index (χ3n) is 3.79. The van der Waals surface area contributed by atoms with E-state index in [0.29, 0.717) is 19.5 Å². The van der Waals surface area contributed by atoms with Crippen LogP contribution in [0.25, 0.3) is 0 Å². The second-order valence-electron chi connectivity index (χ2n) is 5.89. The maximum absolute atomic E-state index is 12.4. The molecule has 1 saturated heterocycles. The maximum atomic E-state index is 12.4. The van der Waals surface area contributed by atoms with Crippen molar-refractivity contribution in [3.05, 3.63) is 35.4 Å². The van der Waals surface area contributed by atoms with Crippen molar-refractivity contribution in [2.75, 3.05) is 13.1 Å². The second kappa shape index (κ2) is 5.65. The van der Waals surface area contributed by atoms with E-state index < -0.39 is 5.54 Å². The molecule has 1 aliphatic heterocycles. The SMILES string of the molecule is Cc1ccccc1CCN1CCC(=O)NC(C)(C)C1=O. The summed E-state index contributed by atoms with van der Waals surface area (Å²) in [4.78, 5) is 25.9. The van der Waals surface area contributed by atoms with E-state index >= 15 is 0 Å². The largest absolute Gasteiger partial charge is 0.342 e. The Hall–Kier alpha value is -1.84. The van der Waals surface area contributed by atoms with Gasteiger partial charge in [0.05, 0.1) is 0 Å². The molecule has 0 aliphatic carbocycles. The Bertz CT molecular complexity index is 523. The number of rotatable bonds is 3. The van der Waals surface area contributed by atoms with Crippen LogP contribution in [-0.2, 0) is 16.0 Å². The maximum Gasteiger partial charge on any atom is 0.247 e. The average Bonchev–Trinajstić information content (AvgIpc) is 2.47. The molecule has 2 rings (SSSR count). The summed E-state index contributed by atoms with van der Waals surface area (Å²) in [5.41, 5.74) is 1.68. The summed E-state index contributed by atoms with van der Waals surface area (Å²) in [7, 11) is 0. The van der Waals surface area contributed by atoms with E-state index in [0.717, 1.165) is 6.42 Å². The van der Waals surface area contributed by atoms with E-state index in [2.05, 4.69) is 24.4 Å². The Kier molecular flexibility index (Phi) is 4.12. The molecule has 0 spiro atoms. The first-order valence-corrected chi connectivity index (χ1v) is 7.05. The Morgan fingerprint density at radius 3 is 2.65 bits per heavy atom. The van der Waals surface area contributed by atoms with Crippen LogP contribution in [0.2, 0.25) is 0 Å². The number of aryl methyl sites for hydroxylation is 1. The molecule has 1 aliphatic rings. The van der Waals surface area contributed by atoms with Crippen molar-refractivity contribution in [2.45, 2.75) is 39.2 Å². The number of carbonyl (C=O) groups is 2. The highest BCUT2D eigenvalue weighted by molar-refractivity contribution is 5.92. The molecule has 0 aromatic heterocycles. The average molecular weight is 274 g/mol. The van der Waals surface area contributed by atoms with E-state index in [9.17, 15) is 9.59 Å². The lowest BCUT2D eigenvalue weighted by Gasteiger charge is -2.29. The van der Waals surface area contributed by atoms with Gasteiger partial charge in [0.1, 0.15) is 5.54 Å². The molecule has 1 N–H and O–H groups in total. The Labute approximate surface area is 120 Å².